The number of hydrogen-bond acceptors (Lipinski definition) is 4. The summed E-state index contributed by atoms with van der Waals surface area (Å²) in [6.45, 7) is 2.16. The van der Waals surface area contributed by atoms with Crippen LogP contribution in [0.4, 0.5) is 0 Å². The van der Waals surface area contributed by atoms with Crippen molar-refractivity contribution < 1.29 is 14.3 Å². The molecule has 1 aromatic heterocycles. The number of carbonyl (C=O) groups is 2. The van der Waals surface area contributed by atoms with Gasteiger partial charge in [-0.25, -0.2) is 4.98 Å². The fourth-order valence-corrected chi connectivity index (χ4v) is 3.47. The number of fused-ring (bicyclic) bond motifs is 1. The number of methoxy groups -OCH3 is 1. The molecule has 2 heterocycles. The zero-order chi connectivity index (χ0) is 19.8. The highest BCUT2D eigenvalue weighted by atomic mass is 16.5. The maximum absolute atomic E-state index is 12.7. The van der Waals surface area contributed by atoms with Gasteiger partial charge in [0.05, 0.1) is 12.3 Å². The number of carbonyl (C=O) groups excluding carboxylic acids is 2. The molecule has 0 saturated carbocycles. The highest BCUT2D eigenvalue weighted by molar-refractivity contribution is 5.97. The number of aromatic nitrogens is 2. The van der Waals surface area contributed by atoms with E-state index in [0.29, 0.717) is 31.2 Å². The van der Waals surface area contributed by atoms with Gasteiger partial charge in [0.15, 0.2) is 5.82 Å². The summed E-state index contributed by atoms with van der Waals surface area (Å²) < 4.78 is 6.87. The quantitative estimate of drug-likeness (QED) is 0.647. The third-order valence-electron chi connectivity index (χ3n) is 4.90. The first kappa shape index (κ1) is 20.1. The zero-order valence-electron chi connectivity index (χ0n) is 16.4. The predicted molar refractivity (Wildman–Crippen MR) is 106 cm³/mol. The van der Waals surface area contributed by atoms with Crippen molar-refractivity contribution in [1.29, 1.82) is 0 Å². The van der Waals surface area contributed by atoms with E-state index in [0.717, 1.165) is 44.3 Å². The average Bonchev–Trinajstić information content (AvgIpc) is 3.12. The standard InChI is InChI=1S/C21H28N4O3/c1-28-15-13-23-20(26)18-17-11-5-6-14-25(17)19(24-18)21(27)22-12-7-10-16-8-3-2-4-9-16/h2-4,8-9H,5-7,10-15H2,1H3,(H,22,27)(H,23,26). The van der Waals surface area contributed by atoms with E-state index in [9.17, 15) is 9.59 Å². The summed E-state index contributed by atoms with van der Waals surface area (Å²) >= 11 is 0. The minimum Gasteiger partial charge on any atom is -0.383 e. The average molecular weight is 384 g/mol. The molecule has 0 fully saturated rings. The first-order valence-electron chi connectivity index (χ1n) is 9.89. The number of rotatable bonds is 9. The summed E-state index contributed by atoms with van der Waals surface area (Å²) in [5, 5.41) is 5.75. The summed E-state index contributed by atoms with van der Waals surface area (Å²) in [6, 6.07) is 10.2. The van der Waals surface area contributed by atoms with Gasteiger partial charge >= 0.3 is 0 Å². The van der Waals surface area contributed by atoms with Crippen molar-refractivity contribution >= 4 is 11.8 Å². The Morgan fingerprint density at radius 3 is 2.68 bits per heavy atom. The van der Waals surface area contributed by atoms with E-state index in [1.807, 2.05) is 22.8 Å². The van der Waals surface area contributed by atoms with Crippen LogP contribution >= 0.6 is 0 Å². The summed E-state index contributed by atoms with van der Waals surface area (Å²) in [5.74, 6) is -0.121. The molecule has 3 rings (SSSR count). The molecule has 0 unspecified atom stereocenters. The maximum atomic E-state index is 12.7. The highest BCUT2D eigenvalue weighted by Crippen LogP contribution is 2.21. The molecule has 7 nitrogen and oxygen atoms in total. The lowest BCUT2D eigenvalue weighted by Gasteiger charge is -2.17. The minimum atomic E-state index is -0.245. The van der Waals surface area contributed by atoms with E-state index in [4.69, 9.17) is 4.74 Å². The number of amides is 2. The SMILES string of the molecule is COCCNC(=O)c1nc(C(=O)NCCCc2ccccc2)n2c1CCCC2. The van der Waals surface area contributed by atoms with Crippen LogP contribution < -0.4 is 10.6 Å². The van der Waals surface area contributed by atoms with E-state index in [1.54, 1.807) is 7.11 Å². The van der Waals surface area contributed by atoms with Crippen LogP contribution in [0.2, 0.25) is 0 Å². The van der Waals surface area contributed by atoms with Crippen LogP contribution in [0, 0.1) is 0 Å². The summed E-state index contributed by atoms with van der Waals surface area (Å²) in [4.78, 5) is 29.6. The van der Waals surface area contributed by atoms with Crippen LogP contribution in [0.5, 0.6) is 0 Å². The lowest BCUT2D eigenvalue weighted by Crippen LogP contribution is -2.29. The molecule has 0 aliphatic carbocycles. The van der Waals surface area contributed by atoms with Gasteiger partial charge in [0.1, 0.15) is 5.69 Å². The van der Waals surface area contributed by atoms with E-state index in [1.165, 1.54) is 5.56 Å². The lowest BCUT2D eigenvalue weighted by atomic mass is 10.1. The molecule has 2 amide bonds. The molecule has 1 aliphatic heterocycles. The Morgan fingerprint density at radius 2 is 1.89 bits per heavy atom. The molecule has 0 saturated heterocycles. The number of aryl methyl sites for hydroxylation is 1. The number of imidazole rings is 1. The van der Waals surface area contributed by atoms with Crippen molar-refractivity contribution in [3.8, 4) is 0 Å². The van der Waals surface area contributed by atoms with Gasteiger partial charge < -0.3 is 19.9 Å². The van der Waals surface area contributed by atoms with Crippen molar-refractivity contribution in [2.45, 2.75) is 38.6 Å². The number of hydrogen-bond donors (Lipinski definition) is 2. The fraction of sp³-hybridized carbons (Fsp3) is 0.476. The summed E-state index contributed by atoms with van der Waals surface area (Å²) in [5.41, 5.74) is 2.48. The molecule has 0 bridgehead atoms. The smallest absolute Gasteiger partial charge is 0.287 e. The summed E-state index contributed by atoms with van der Waals surface area (Å²) in [7, 11) is 1.59. The van der Waals surface area contributed by atoms with Crippen molar-refractivity contribution in [2.24, 2.45) is 0 Å². The van der Waals surface area contributed by atoms with E-state index < -0.39 is 0 Å². The second-order valence-corrected chi connectivity index (χ2v) is 6.93. The van der Waals surface area contributed by atoms with E-state index in [-0.39, 0.29) is 11.8 Å². The first-order valence-corrected chi connectivity index (χ1v) is 9.89. The van der Waals surface area contributed by atoms with Gasteiger partial charge in [-0.1, -0.05) is 30.3 Å². The van der Waals surface area contributed by atoms with Crippen molar-refractivity contribution in [1.82, 2.24) is 20.2 Å². The minimum absolute atomic E-state index is 0.216. The highest BCUT2D eigenvalue weighted by Gasteiger charge is 2.27. The van der Waals surface area contributed by atoms with Gasteiger partial charge in [-0.2, -0.15) is 0 Å². The molecule has 0 spiro atoms. The molecule has 0 atom stereocenters. The first-order chi connectivity index (χ1) is 13.7. The van der Waals surface area contributed by atoms with Gasteiger partial charge in [-0.05, 0) is 37.7 Å². The molecule has 1 aliphatic rings. The van der Waals surface area contributed by atoms with Crippen LogP contribution in [0.25, 0.3) is 0 Å². The third-order valence-corrected chi connectivity index (χ3v) is 4.90. The molecule has 7 heteroatoms. The lowest BCUT2D eigenvalue weighted by molar-refractivity contribution is 0.0931. The van der Waals surface area contributed by atoms with Crippen molar-refractivity contribution in [3.63, 3.8) is 0 Å². The number of nitrogens with zero attached hydrogens (tertiary/aromatic N) is 2. The van der Waals surface area contributed by atoms with Crippen LogP contribution in [0.3, 0.4) is 0 Å². The molecule has 0 radical (unpaired) electrons. The number of benzene rings is 1. The number of nitrogens with one attached hydrogen (secondary N) is 2. The largest absolute Gasteiger partial charge is 0.383 e. The van der Waals surface area contributed by atoms with Crippen LogP contribution in [-0.2, 0) is 24.1 Å². The Bertz CT molecular complexity index is 801. The second-order valence-electron chi connectivity index (χ2n) is 6.93. The van der Waals surface area contributed by atoms with Gasteiger partial charge in [0.25, 0.3) is 11.8 Å². The molecular weight excluding hydrogens is 356 g/mol. The van der Waals surface area contributed by atoms with E-state index >= 15 is 0 Å². The Hall–Kier alpha value is -2.67. The van der Waals surface area contributed by atoms with Crippen molar-refractivity contribution in [2.75, 3.05) is 26.8 Å². The third kappa shape index (κ3) is 4.98. The van der Waals surface area contributed by atoms with Gasteiger partial charge in [-0.3, -0.25) is 9.59 Å². The monoisotopic (exact) mass is 384 g/mol. The van der Waals surface area contributed by atoms with Crippen LogP contribution in [0.15, 0.2) is 30.3 Å². The Balaban J connectivity index is 1.62. The topological polar surface area (TPSA) is 85.2 Å². The Labute approximate surface area is 165 Å². The van der Waals surface area contributed by atoms with Gasteiger partial charge in [-0.15, -0.1) is 0 Å². The normalized spacial score (nSPS) is 13.0. The van der Waals surface area contributed by atoms with Crippen LogP contribution in [-0.4, -0.2) is 48.2 Å². The van der Waals surface area contributed by atoms with Crippen molar-refractivity contribution in [3.05, 3.63) is 53.1 Å². The van der Waals surface area contributed by atoms with Gasteiger partial charge in [0.2, 0.25) is 0 Å². The molecule has 150 valence electrons. The maximum Gasteiger partial charge on any atom is 0.287 e. The summed E-state index contributed by atoms with van der Waals surface area (Å²) in [6.07, 6.45) is 4.52. The molecule has 1 aromatic carbocycles. The predicted octanol–water partition coefficient (Wildman–Crippen LogP) is 1.96. The number of ether oxygens (including phenoxy) is 1. The van der Waals surface area contributed by atoms with Gasteiger partial charge in [0, 0.05) is 26.7 Å². The van der Waals surface area contributed by atoms with E-state index in [2.05, 4.69) is 27.8 Å². The fourth-order valence-electron chi connectivity index (χ4n) is 3.47. The molecular formula is C21H28N4O3. The molecule has 28 heavy (non-hydrogen) atoms. The Morgan fingerprint density at radius 1 is 1.11 bits per heavy atom. The molecule has 2 N–H and O–H groups in total. The second kappa shape index (κ2) is 10.0. The zero-order valence-corrected chi connectivity index (χ0v) is 16.4. The van der Waals surface area contributed by atoms with Crippen LogP contribution in [0.1, 0.15) is 51.6 Å². The Kier molecular flexibility index (Phi) is 7.19. The molecule has 2 aromatic rings.